The lowest BCUT2D eigenvalue weighted by Crippen LogP contribution is -2.61. The number of amides is 1. The van der Waals surface area contributed by atoms with E-state index in [2.05, 4.69) is 10.3 Å². The van der Waals surface area contributed by atoms with E-state index in [1.807, 2.05) is 0 Å². The highest BCUT2D eigenvalue weighted by Gasteiger charge is 2.44. The van der Waals surface area contributed by atoms with E-state index in [-0.39, 0.29) is 17.2 Å². The van der Waals surface area contributed by atoms with Crippen LogP contribution in [0.3, 0.4) is 0 Å². The molecule has 1 heterocycles. The minimum absolute atomic E-state index is 0.171. The molecular formula is C16H22F2N4O4S. The lowest BCUT2D eigenvalue weighted by molar-refractivity contribution is 0.0602. The summed E-state index contributed by atoms with van der Waals surface area (Å²) in [6, 6.07) is 1.59. The van der Waals surface area contributed by atoms with Crippen molar-refractivity contribution in [3.8, 4) is 0 Å². The van der Waals surface area contributed by atoms with Crippen molar-refractivity contribution in [1.29, 1.82) is 0 Å². The maximum absolute atomic E-state index is 14.3. The van der Waals surface area contributed by atoms with Crippen molar-refractivity contribution >= 4 is 27.8 Å². The molecule has 1 aliphatic heterocycles. The average Bonchev–Trinajstić information content (AvgIpc) is 2.45. The number of anilines is 1. The van der Waals surface area contributed by atoms with Gasteiger partial charge in [0.25, 0.3) is 0 Å². The quantitative estimate of drug-likeness (QED) is 0.691. The summed E-state index contributed by atoms with van der Waals surface area (Å²) in [7, 11) is -2.77. The lowest BCUT2D eigenvalue weighted by Gasteiger charge is -2.40. The molecule has 0 saturated carbocycles. The van der Waals surface area contributed by atoms with Gasteiger partial charge in [-0.05, 0) is 33.8 Å². The minimum Gasteiger partial charge on any atom is -0.442 e. The number of nitrogens with zero attached hydrogens (tertiary/aromatic N) is 2. The Morgan fingerprint density at radius 2 is 1.93 bits per heavy atom. The first-order valence-corrected chi connectivity index (χ1v) is 9.57. The maximum atomic E-state index is 14.3. The van der Waals surface area contributed by atoms with Crippen LogP contribution in [0.5, 0.6) is 0 Å². The Balaban J connectivity index is 2.51. The molecule has 1 fully saturated rings. The minimum atomic E-state index is -3.96. The molecule has 8 nitrogen and oxygen atoms in total. The fraction of sp³-hybridized carbons (Fsp3) is 0.500. The van der Waals surface area contributed by atoms with Gasteiger partial charge in [0, 0.05) is 18.7 Å². The highest BCUT2D eigenvalue weighted by molar-refractivity contribution is 7.89. The fourth-order valence-corrected chi connectivity index (χ4v) is 4.06. The van der Waals surface area contributed by atoms with E-state index >= 15 is 0 Å². The van der Waals surface area contributed by atoms with E-state index in [4.69, 9.17) is 10.5 Å². The summed E-state index contributed by atoms with van der Waals surface area (Å²) in [5, 5.41) is 2.73. The molecule has 1 amide bonds. The zero-order chi connectivity index (χ0) is 20.8. The fourth-order valence-electron chi connectivity index (χ4n) is 2.56. The van der Waals surface area contributed by atoms with Crippen LogP contribution < -0.4 is 11.1 Å². The van der Waals surface area contributed by atoms with Crippen LogP contribution in [-0.4, -0.2) is 43.2 Å². The molecule has 2 rings (SSSR count). The third-order valence-corrected chi connectivity index (χ3v) is 5.80. The number of halogens is 2. The molecule has 27 heavy (non-hydrogen) atoms. The predicted molar refractivity (Wildman–Crippen MR) is 96.5 cm³/mol. The number of aliphatic imine (C=N–C) groups is 1. The van der Waals surface area contributed by atoms with Crippen LogP contribution in [0.2, 0.25) is 0 Å². The van der Waals surface area contributed by atoms with Crippen molar-refractivity contribution in [1.82, 2.24) is 9.62 Å². The Kier molecular flexibility index (Phi) is 5.12. The second kappa shape index (κ2) is 6.63. The van der Waals surface area contributed by atoms with E-state index in [1.54, 1.807) is 20.8 Å². The standard InChI is InChI=1S/C16H22F2N4O4S/c1-15(2,3)26-14(23)20-13-21-16(4,8-27(24,25)22(13)5)9-6-12(19)11(18)7-10(9)17/h6-7H,8,19H2,1-5H3,(H,20,21,23)/t16-/m0/s1. The molecular weight excluding hydrogens is 382 g/mol. The van der Waals surface area contributed by atoms with Gasteiger partial charge in [0.2, 0.25) is 16.0 Å². The van der Waals surface area contributed by atoms with Gasteiger partial charge in [-0.2, -0.15) is 0 Å². The Bertz CT molecular complexity index is 912. The zero-order valence-electron chi connectivity index (χ0n) is 15.6. The molecule has 0 aromatic heterocycles. The molecule has 1 aromatic carbocycles. The van der Waals surface area contributed by atoms with Gasteiger partial charge in [0.15, 0.2) is 0 Å². The first-order valence-electron chi connectivity index (χ1n) is 7.96. The van der Waals surface area contributed by atoms with Crippen LogP contribution in [0.1, 0.15) is 33.3 Å². The van der Waals surface area contributed by atoms with Crippen LogP contribution in [0.15, 0.2) is 17.1 Å². The number of nitrogen functional groups attached to an aromatic ring is 1. The van der Waals surface area contributed by atoms with Gasteiger partial charge in [-0.25, -0.2) is 26.3 Å². The van der Waals surface area contributed by atoms with E-state index in [9.17, 15) is 22.0 Å². The molecule has 1 saturated heterocycles. The Labute approximate surface area is 156 Å². The third-order valence-electron chi connectivity index (χ3n) is 3.85. The number of ether oxygens (including phenoxy) is 1. The average molecular weight is 404 g/mol. The summed E-state index contributed by atoms with van der Waals surface area (Å²) in [5.74, 6) is -2.85. The second-order valence-corrected chi connectivity index (χ2v) is 9.45. The molecule has 1 atom stereocenters. The van der Waals surface area contributed by atoms with Crippen molar-refractivity contribution < 1.29 is 26.7 Å². The van der Waals surface area contributed by atoms with Crippen LogP contribution in [-0.2, 0) is 20.3 Å². The molecule has 150 valence electrons. The number of hydrogen-bond donors (Lipinski definition) is 2. The summed E-state index contributed by atoms with van der Waals surface area (Å²) in [5.41, 5.74) is 2.61. The smallest absolute Gasteiger partial charge is 0.437 e. The van der Waals surface area contributed by atoms with Gasteiger partial charge in [-0.3, -0.25) is 0 Å². The molecule has 0 radical (unpaired) electrons. The molecule has 11 heteroatoms. The van der Waals surface area contributed by atoms with Gasteiger partial charge in [0.1, 0.15) is 17.2 Å². The van der Waals surface area contributed by atoms with E-state index in [1.165, 1.54) is 14.0 Å². The van der Waals surface area contributed by atoms with Crippen LogP contribution >= 0.6 is 0 Å². The molecule has 0 unspecified atom stereocenters. The first-order chi connectivity index (χ1) is 12.1. The molecule has 0 aliphatic carbocycles. The van der Waals surface area contributed by atoms with Crippen LogP contribution in [0.4, 0.5) is 19.3 Å². The number of guanidine groups is 1. The summed E-state index contributed by atoms with van der Waals surface area (Å²) < 4.78 is 58.7. The van der Waals surface area contributed by atoms with Gasteiger partial charge in [0.05, 0.1) is 17.0 Å². The summed E-state index contributed by atoms with van der Waals surface area (Å²) >= 11 is 0. The number of rotatable bonds is 1. The number of benzene rings is 1. The first kappa shape index (κ1) is 20.9. The number of carbonyl (C=O) groups excluding carboxylic acids is 1. The summed E-state index contributed by atoms with van der Waals surface area (Å²) in [6.45, 7) is 6.26. The zero-order valence-corrected chi connectivity index (χ0v) is 16.4. The van der Waals surface area contributed by atoms with Gasteiger partial charge >= 0.3 is 6.09 Å². The van der Waals surface area contributed by atoms with Crippen LogP contribution in [0.25, 0.3) is 0 Å². The monoisotopic (exact) mass is 404 g/mol. The number of sulfonamides is 1. The van der Waals surface area contributed by atoms with Crippen molar-refractivity contribution in [3.05, 3.63) is 29.3 Å². The van der Waals surface area contributed by atoms with Crippen LogP contribution in [0, 0.1) is 11.6 Å². The van der Waals surface area contributed by atoms with Crippen molar-refractivity contribution in [2.24, 2.45) is 4.99 Å². The Hall–Kier alpha value is -2.43. The topological polar surface area (TPSA) is 114 Å². The number of nitrogens with two attached hydrogens (primary N) is 1. The van der Waals surface area contributed by atoms with Crippen molar-refractivity contribution in [3.63, 3.8) is 0 Å². The lowest BCUT2D eigenvalue weighted by atomic mass is 9.92. The van der Waals surface area contributed by atoms with Gasteiger partial charge < -0.3 is 15.8 Å². The molecule has 0 spiro atoms. The summed E-state index contributed by atoms with van der Waals surface area (Å²) in [4.78, 5) is 15.6. The second-order valence-electron chi connectivity index (χ2n) is 7.45. The van der Waals surface area contributed by atoms with Gasteiger partial charge in [-0.1, -0.05) is 0 Å². The summed E-state index contributed by atoms with van der Waals surface area (Å²) in [6.07, 6.45) is -1.02. The highest BCUT2D eigenvalue weighted by Crippen LogP contribution is 2.32. The number of nitrogens with one attached hydrogen (secondary N) is 1. The normalized spacial score (nSPS) is 23.8. The van der Waals surface area contributed by atoms with Gasteiger partial charge in [-0.15, -0.1) is 4.99 Å². The maximum Gasteiger partial charge on any atom is 0.437 e. The van der Waals surface area contributed by atoms with E-state index in [0.29, 0.717) is 6.07 Å². The Morgan fingerprint density at radius 3 is 2.48 bits per heavy atom. The van der Waals surface area contributed by atoms with Crippen molar-refractivity contribution in [2.75, 3.05) is 18.5 Å². The predicted octanol–water partition coefficient (Wildman–Crippen LogP) is 1.92. The largest absolute Gasteiger partial charge is 0.442 e. The third kappa shape index (κ3) is 4.46. The molecule has 1 aliphatic rings. The number of hydrogen-bond acceptors (Lipinski definition) is 5. The molecule has 0 bridgehead atoms. The molecule has 1 aromatic rings. The number of carbonyl (C=O) groups is 1. The Morgan fingerprint density at radius 1 is 1.33 bits per heavy atom. The van der Waals surface area contributed by atoms with E-state index in [0.717, 1.165) is 10.4 Å². The van der Waals surface area contributed by atoms with Crippen molar-refractivity contribution in [2.45, 2.75) is 38.8 Å². The highest BCUT2D eigenvalue weighted by atomic mass is 32.2. The SMILES string of the molecule is CN1C(=NC(=O)OC(C)(C)C)N[C@](C)(c2cc(N)c(F)cc2F)CS1(=O)=O. The molecule has 3 N–H and O–H groups in total. The van der Waals surface area contributed by atoms with E-state index < -0.39 is 44.6 Å².